The SMILES string of the molecule is C1C2PP1SS2. The van der Waals surface area contributed by atoms with Crippen molar-refractivity contribution in [3.63, 3.8) is 0 Å². The molecule has 0 spiro atoms. The standard InChI is InChI=1S/C2H4P2S2/c1-2-3-4(1)6-5-2/h2-3H,1H2. The van der Waals surface area contributed by atoms with Gasteiger partial charge in [-0.3, -0.25) is 0 Å². The highest BCUT2D eigenvalue weighted by Gasteiger charge is 2.37. The zero-order chi connectivity index (χ0) is 3.98. The molecule has 0 aromatic heterocycles. The van der Waals surface area contributed by atoms with E-state index in [-0.39, 0.29) is 0 Å². The summed E-state index contributed by atoms with van der Waals surface area (Å²) in [4.78, 5) is 1.13. The van der Waals surface area contributed by atoms with Crippen molar-refractivity contribution >= 4 is 36.3 Å². The summed E-state index contributed by atoms with van der Waals surface area (Å²) in [6.45, 7) is 0.586. The molecule has 3 atom stereocenters. The molecule has 0 nitrogen and oxygen atoms in total. The van der Waals surface area contributed by atoms with E-state index in [9.17, 15) is 0 Å². The largest absolute Gasteiger partial charge is 0.0806 e. The van der Waals surface area contributed by atoms with E-state index in [1.165, 1.54) is 8.27 Å². The zero-order valence-electron chi connectivity index (χ0n) is 3.05. The van der Waals surface area contributed by atoms with Crippen LogP contribution in [-0.2, 0) is 0 Å². The van der Waals surface area contributed by atoms with Gasteiger partial charge in [-0.2, -0.15) is 0 Å². The Balaban J connectivity index is 2.16. The molecule has 0 amide bonds. The molecule has 0 radical (unpaired) electrons. The van der Waals surface area contributed by atoms with Crippen LogP contribution in [0.2, 0.25) is 0 Å². The smallest absolute Gasteiger partial charge is 0.0424 e. The maximum absolute atomic E-state index is 2.17. The molecule has 4 heteroatoms. The van der Waals surface area contributed by atoms with Crippen LogP contribution in [0.1, 0.15) is 0 Å². The summed E-state index contributed by atoms with van der Waals surface area (Å²) in [6.07, 6.45) is 1.59. The average Bonchev–Trinajstić information content (AvgIpc) is 1.72. The molecule has 0 N–H and O–H groups in total. The summed E-state index contributed by atoms with van der Waals surface area (Å²) in [6, 6.07) is 0. The fourth-order valence-electron chi connectivity index (χ4n) is 0.500. The molecule has 3 rings (SSSR count). The first-order valence-corrected chi connectivity index (χ1v) is 8.09. The Labute approximate surface area is 47.8 Å². The van der Waals surface area contributed by atoms with Crippen molar-refractivity contribution in [1.29, 1.82) is 0 Å². The van der Waals surface area contributed by atoms with Gasteiger partial charge in [0.1, 0.15) is 0 Å². The molecule has 0 aromatic carbocycles. The Morgan fingerprint density at radius 1 is 1.83 bits per heavy atom. The summed E-state index contributed by atoms with van der Waals surface area (Å²) >= 11 is 0. The molecule has 6 heavy (non-hydrogen) atoms. The van der Waals surface area contributed by atoms with Gasteiger partial charge in [0.25, 0.3) is 0 Å². The van der Waals surface area contributed by atoms with Crippen molar-refractivity contribution in [3.05, 3.63) is 0 Å². The van der Waals surface area contributed by atoms with Crippen molar-refractivity contribution in [2.24, 2.45) is 0 Å². The summed E-state index contributed by atoms with van der Waals surface area (Å²) < 4.78 is 0. The van der Waals surface area contributed by atoms with E-state index >= 15 is 0 Å². The minimum atomic E-state index is 0.586. The Morgan fingerprint density at radius 2 is 2.67 bits per heavy atom. The van der Waals surface area contributed by atoms with Gasteiger partial charge in [0, 0.05) is 4.99 Å². The van der Waals surface area contributed by atoms with Crippen molar-refractivity contribution in [3.8, 4) is 0 Å². The molecule has 3 saturated heterocycles. The molecular weight excluding hydrogens is 150 g/mol. The van der Waals surface area contributed by atoms with Crippen LogP contribution >= 0.6 is 36.3 Å². The lowest BCUT2D eigenvalue weighted by Gasteiger charge is -2.17. The molecular formula is C2H4P2S2. The lowest BCUT2D eigenvalue weighted by atomic mass is 10.9. The fraction of sp³-hybridized carbons (Fsp3) is 1.00. The predicted molar refractivity (Wildman–Crippen MR) is 39.1 cm³/mol. The van der Waals surface area contributed by atoms with Crippen molar-refractivity contribution in [2.45, 2.75) is 4.99 Å². The third kappa shape index (κ3) is 0.545. The van der Waals surface area contributed by atoms with Gasteiger partial charge in [-0.1, -0.05) is 29.5 Å². The van der Waals surface area contributed by atoms with Gasteiger partial charge < -0.3 is 0 Å². The summed E-state index contributed by atoms with van der Waals surface area (Å²) in [7, 11) is 5.66. The molecule has 0 saturated carbocycles. The Morgan fingerprint density at radius 3 is 2.83 bits per heavy atom. The molecule has 0 aliphatic carbocycles. The molecule has 34 valence electrons. The Kier molecular flexibility index (Phi) is 1.12. The molecule has 3 fully saturated rings. The van der Waals surface area contributed by atoms with Gasteiger partial charge in [0.05, 0.1) is 0 Å². The first-order chi connectivity index (χ1) is 2.95. The van der Waals surface area contributed by atoms with E-state index in [2.05, 4.69) is 21.2 Å². The van der Waals surface area contributed by atoms with Gasteiger partial charge >= 0.3 is 0 Å². The molecule has 2 bridgehead atoms. The second-order valence-corrected chi connectivity index (χ2v) is 11.8. The van der Waals surface area contributed by atoms with Crippen LogP contribution in [0.4, 0.5) is 0 Å². The first-order valence-electron chi connectivity index (χ1n) is 1.82. The lowest BCUT2D eigenvalue weighted by molar-refractivity contribution is 1.43. The summed E-state index contributed by atoms with van der Waals surface area (Å²) in [5, 5.41) is 0. The fourth-order valence-corrected chi connectivity index (χ4v) is 17.7. The van der Waals surface area contributed by atoms with E-state index in [1.807, 2.05) is 0 Å². The Bertz CT molecular complexity index is 56.4. The third-order valence-corrected chi connectivity index (χ3v) is 15.0. The first kappa shape index (κ1) is 4.44. The van der Waals surface area contributed by atoms with E-state index in [1.54, 1.807) is 6.16 Å². The molecule has 3 aliphatic heterocycles. The number of hydrogen-bond donors (Lipinski definition) is 0. The second-order valence-electron chi connectivity index (χ2n) is 1.35. The van der Waals surface area contributed by atoms with Gasteiger partial charge in [0.2, 0.25) is 0 Å². The maximum atomic E-state index is 2.17. The predicted octanol–water partition coefficient (Wildman–Crippen LogP) is 2.71. The molecule has 0 aromatic rings. The highest BCUT2D eigenvalue weighted by atomic mass is 33.4. The van der Waals surface area contributed by atoms with Gasteiger partial charge in [0.15, 0.2) is 0 Å². The number of rotatable bonds is 0. The molecule has 3 unspecified atom stereocenters. The minimum absolute atomic E-state index is 0.586. The topological polar surface area (TPSA) is 0 Å². The van der Waals surface area contributed by atoms with Crippen molar-refractivity contribution < 1.29 is 0 Å². The van der Waals surface area contributed by atoms with Crippen molar-refractivity contribution in [2.75, 3.05) is 6.16 Å². The van der Waals surface area contributed by atoms with E-state index in [0.717, 1.165) is 4.99 Å². The van der Waals surface area contributed by atoms with Crippen LogP contribution in [0.25, 0.3) is 0 Å². The normalized spacial score (nSPS) is 56.0. The Hall–Kier alpha value is 1.56. The molecule has 3 heterocycles. The molecule has 3 aliphatic rings. The van der Waals surface area contributed by atoms with E-state index < -0.39 is 0 Å². The summed E-state index contributed by atoms with van der Waals surface area (Å²) in [5.41, 5.74) is 0. The number of fused-ring (bicyclic) bond motifs is 1. The number of hydrogen-bond acceptors (Lipinski definition) is 2. The van der Waals surface area contributed by atoms with E-state index in [4.69, 9.17) is 0 Å². The van der Waals surface area contributed by atoms with Crippen LogP contribution in [0.15, 0.2) is 0 Å². The van der Waals surface area contributed by atoms with Gasteiger partial charge in [-0.25, -0.2) is 0 Å². The van der Waals surface area contributed by atoms with Crippen molar-refractivity contribution in [1.82, 2.24) is 0 Å². The zero-order valence-corrected chi connectivity index (χ0v) is 6.58. The highest BCUT2D eigenvalue weighted by Crippen LogP contribution is 2.89. The van der Waals surface area contributed by atoms with Crippen LogP contribution in [0.5, 0.6) is 0 Å². The quantitative estimate of drug-likeness (QED) is 0.388. The van der Waals surface area contributed by atoms with Gasteiger partial charge in [-0.05, 0) is 13.0 Å². The monoisotopic (exact) mass is 154 g/mol. The van der Waals surface area contributed by atoms with Crippen LogP contribution in [0.3, 0.4) is 0 Å². The second kappa shape index (κ2) is 1.52. The van der Waals surface area contributed by atoms with Gasteiger partial charge in [-0.15, -0.1) is 0 Å². The van der Waals surface area contributed by atoms with Crippen LogP contribution in [0, 0.1) is 0 Å². The van der Waals surface area contributed by atoms with E-state index in [0.29, 0.717) is 6.81 Å². The third-order valence-electron chi connectivity index (χ3n) is 0.869. The lowest BCUT2D eigenvalue weighted by Crippen LogP contribution is -1.96. The maximum Gasteiger partial charge on any atom is 0.0424 e. The highest BCUT2D eigenvalue weighted by molar-refractivity contribution is 9.11. The average molecular weight is 154 g/mol. The van der Waals surface area contributed by atoms with Crippen LogP contribution < -0.4 is 0 Å². The summed E-state index contributed by atoms with van der Waals surface area (Å²) in [5.74, 6) is 0. The van der Waals surface area contributed by atoms with Crippen LogP contribution in [-0.4, -0.2) is 11.2 Å². The minimum Gasteiger partial charge on any atom is -0.0806 e.